The molecule has 0 amide bonds. The summed E-state index contributed by atoms with van der Waals surface area (Å²) in [5.41, 5.74) is 1.34. The maximum atomic E-state index is 14.0. The van der Waals surface area contributed by atoms with Gasteiger partial charge in [0, 0.05) is 19.1 Å². The minimum atomic E-state index is -4.40. The third kappa shape index (κ3) is 5.96. The Morgan fingerprint density at radius 2 is 1.58 bits per heavy atom. The molecule has 1 aliphatic rings. The molecule has 0 aliphatic carbocycles. The third-order valence-corrected chi connectivity index (χ3v) is 10.1. The van der Waals surface area contributed by atoms with Gasteiger partial charge in [0.05, 0.1) is 28.1 Å². The van der Waals surface area contributed by atoms with Crippen LogP contribution in [0.1, 0.15) is 21.5 Å². The van der Waals surface area contributed by atoms with Crippen molar-refractivity contribution in [3.8, 4) is 0 Å². The molecular weight excluding hydrogens is 524 g/mol. The van der Waals surface area contributed by atoms with Gasteiger partial charge in [-0.15, -0.1) is 0 Å². The lowest BCUT2D eigenvalue weighted by Crippen LogP contribution is -2.51. The van der Waals surface area contributed by atoms with E-state index in [9.17, 15) is 26.7 Å². The number of carboxylic acid groups (broad SMARTS) is 1. The van der Waals surface area contributed by atoms with Gasteiger partial charge in [0.25, 0.3) is 0 Å². The monoisotopic (exact) mass is 548 g/mol. The van der Waals surface area contributed by atoms with E-state index in [4.69, 9.17) is 11.6 Å². The largest absolute Gasteiger partial charge is 0.478 e. The van der Waals surface area contributed by atoms with Gasteiger partial charge in [-0.25, -0.2) is 21.6 Å². The molecule has 0 unspecified atom stereocenters. The van der Waals surface area contributed by atoms with Gasteiger partial charge >= 0.3 is 5.97 Å². The summed E-state index contributed by atoms with van der Waals surface area (Å²) < 4.78 is 54.5. The average molecular weight is 549 g/mol. The summed E-state index contributed by atoms with van der Waals surface area (Å²) in [6.45, 7) is 0.243. The predicted molar refractivity (Wildman–Crippen MR) is 137 cm³/mol. The first-order valence-electron chi connectivity index (χ1n) is 11.1. The van der Waals surface area contributed by atoms with Crippen molar-refractivity contribution in [3.05, 3.63) is 101 Å². The molecule has 2 atom stereocenters. The number of nitrogens with one attached hydrogen (secondary N) is 1. The Morgan fingerprint density at radius 1 is 0.972 bits per heavy atom. The molecule has 1 heterocycles. The standard InChI is InChI=1S/C25H25ClN2O6S2/c26-21-12-11-20(25(29)30)13-24(21)36(33,34)28(15-19-9-5-2-6-10-19)23-17-35(31,32)16-22(23)27-14-18-7-3-1-4-8-18/h1-13,22-23,27H,14-17H2,(H,29,30)/t22-,23-/m1/s1. The van der Waals surface area contributed by atoms with Crippen molar-refractivity contribution < 1.29 is 26.7 Å². The summed E-state index contributed by atoms with van der Waals surface area (Å²) in [4.78, 5) is 11.1. The number of carboxylic acids is 1. The fraction of sp³-hybridized carbons (Fsp3) is 0.240. The Labute approximate surface area is 215 Å². The van der Waals surface area contributed by atoms with E-state index in [1.54, 1.807) is 30.3 Å². The van der Waals surface area contributed by atoms with Gasteiger partial charge in [-0.1, -0.05) is 72.3 Å². The Bertz CT molecular complexity index is 1450. The van der Waals surface area contributed by atoms with Crippen LogP contribution >= 0.6 is 11.6 Å². The highest BCUT2D eigenvalue weighted by Gasteiger charge is 2.45. The number of halogens is 1. The molecule has 4 rings (SSSR count). The zero-order valence-corrected chi connectivity index (χ0v) is 21.5. The van der Waals surface area contributed by atoms with E-state index in [1.165, 1.54) is 12.1 Å². The number of sulfone groups is 1. The number of aromatic carboxylic acids is 1. The highest BCUT2D eigenvalue weighted by Crippen LogP contribution is 2.32. The lowest BCUT2D eigenvalue weighted by molar-refractivity contribution is 0.0696. The van der Waals surface area contributed by atoms with E-state index in [2.05, 4.69) is 5.32 Å². The van der Waals surface area contributed by atoms with Crippen molar-refractivity contribution in [2.24, 2.45) is 0 Å². The zero-order valence-electron chi connectivity index (χ0n) is 19.1. The highest BCUT2D eigenvalue weighted by atomic mass is 35.5. The number of hydrogen-bond acceptors (Lipinski definition) is 6. The molecule has 36 heavy (non-hydrogen) atoms. The molecule has 8 nitrogen and oxygen atoms in total. The van der Waals surface area contributed by atoms with Crippen LogP contribution in [-0.4, -0.2) is 55.8 Å². The van der Waals surface area contributed by atoms with Crippen molar-refractivity contribution in [2.45, 2.75) is 30.1 Å². The van der Waals surface area contributed by atoms with Gasteiger partial charge in [0.2, 0.25) is 10.0 Å². The van der Waals surface area contributed by atoms with Crippen molar-refractivity contribution in [1.82, 2.24) is 9.62 Å². The van der Waals surface area contributed by atoms with Crippen LogP contribution in [0.3, 0.4) is 0 Å². The molecule has 190 valence electrons. The molecule has 0 radical (unpaired) electrons. The fourth-order valence-electron chi connectivity index (χ4n) is 4.26. The van der Waals surface area contributed by atoms with Gasteiger partial charge in [-0.05, 0) is 29.3 Å². The number of benzene rings is 3. The lowest BCUT2D eigenvalue weighted by atomic mass is 10.1. The number of sulfonamides is 1. The van der Waals surface area contributed by atoms with Crippen LogP contribution in [0.2, 0.25) is 5.02 Å². The van der Waals surface area contributed by atoms with E-state index >= 15 is 0 Å². The lowest BCUT2D eigenvalue weighted by Gasteiger charge is -2.32. The molecule has 11 heteroatoms. The first-order chi connectivity index (χ1) is 17.1. The van der Waals surface area contributed by atoms with E-state index in [1.807, 2.05) is 30.3 Å². The van der Waals surface area contributed by atoms with Crippen molar-refractivity contribution in [3.63, 3.8) is 0 Å². The fourth-order valence-corrected chi connectivity index (χ4v) is 8.46. The summed E-state index contributed by atoms with van der Waals surface area (Å²) in [7, 11) is -7.96. The summed E-state index contributed by atoms with van der Waals surface area (Å²) in [6, 6.07) is 20.0. The van der Waals surface area contributed by atoms with Crippen LogP contribution in [0.25, 0.3) is 0 Å². The van der Waals surface area contributed by atoms with Gasteiger partial charge in [0.15, 0.2) is 9.84 Å². The Hall–Kier alpha value is -2.76. The van der Waals surface area contributed by atoms with Crippen LogP contribution in [-0.2, 0) is 33.0 Å². The highest BCUT2D eigenvalue weighted by molar-refractivity contribution is 7.92. The van der Waals surface area contributed by atoms with E-state index < -0.39 is 37.9 Å². The topological polar surface area (TPSA) is 121 Å². The Kier molecular flexibility index (Phi) is 7.82. The van der Waals surface area contributed by atoms with E-state index in [-0.39, 0.29) is 33.5 Å². The smallest absolute Gasteiger partial charge is 0.335 e. The summed E-state index contributed by atoms with van der Waals surface area (Å²) in [6.07, 6.45) is 0. The number of nitrogens with zero attached hydrogens (tertiary/aromatic N) is 1. The van der Waals surface area contributed by atoms with Crippen molar-refractivity contribution >= 4 is 37.4 Å². The first kappa shape index (κ1) is 26.3. The molecule has 0 bridgehead atoms. The second kappa shape index (κ2) is 10.7. The Morgan fingerprint density at radius 3 is 2.19 bits per heavy atom. The third-order valence-electron chi connectivity index (χ3n) is 6.05. The number of rotatable bonds is 9. The zero-order chi connectivity index (χ0) is 25.9. The van der Waals surface area contributed by atoms with Gasteiger partial charge < -0.3 is 10.4 Å². The normalized spacial score (nSPS) is 19.4. The number of hydrogen-bond donors (Lipinski definition) is 2. The molecular formula is C25H25ClN2O6S2. The predicted octanol–water partition coefficient (Wildman–Crippen LogP) is 3.18. The van der Waals surface area contributed by atoms with Gasteiger partial charge in [-0.3, -0.25) is 0 Å². The van der Waals surface area contributed by atoms with Crippen LogP contribution in [0.4, 0.5) is 0 Å². The molecule has 1 saturated heterocycles. The second-order valence-corrected chi connectivity index (χ2v) is 13.0. The van der Waals surface area contributed by atoms with Crippen LogP contribution in [0, 0.1) is 0 Å². The summed E-state index contributed by atoms with van der Waals surface area (Å²) in [5.74, 6) is -1.90. The molecule has 1 fully saturated rings. The van der Waals surface area contributed by atoms with Crippen molar-refractivity contribution in [1.29, 1.82) is 0 Å². The minimum absolute atomic E-state index is 0.111. The van der Waals surface area contributed by atoms with Gasteiger partial charge in [-0.2, -0.15) is 4.31 Å². The average Bonchev–Trinajstić information content (AvgIpc) is 3.16. The van der Waals surface area contributed by atoms with Gasteiger partial charge in [0.1, 0.15) is 4.90 Å². The Balaban J connectivity index is 1.76. The van der Waals surface area contributed by atoms with Crippen LogP contribution in [0.15, 0.2) is 83.8 Å². The summed E-state index contributed by atoms with van der Waals surface area (Å²) >= 11 is 6.24. The molecule has 0 saturated carbocycles. The molecule has 3 aromatic rings. The molecule has 0 spiro atoms. The van der Waals surface area contributed by atoms with E-state index in [0.717, 1.165) is 15.9 Å². The summed E-state index contributed by atoms with van der Waals surface area (Å²) in [5, 5.41) is 12.5. The van der Waals surface area contributed by atoms with Crippen LogP contribution in [0.5, 0.6) is 0 Å². The van der Waals surface area contributed by atoms with Crippen LogP contribution < -0.4 is 5.32 Å². The maximum absolute atomic E-state index is 14.0. The first-order valence-corrected chi connectivity index (χ1v) is 14.8. The quantitative estimate of drug-likeness (QED) is 0.421. The van der Waals surface area contributed by atoms with Crippen molar-refractivity contribution in [2.75, 3.05) is 11.5 Å². The molecule has 2 N–H and O–H groups in total. The van der Waals surface area contributed by atoms with E-state index in [0.29, 0.717) is 12.1 Å². The molecule has 3 aromatic carbocycles. The molecule has 0 aromatic heterocycles. The second-order valence-electron chi connectivity index (χ2n) is 8.60. The minimum Gasteiger partial charge on any atom is -0.478 e. The maximum Gasteiger partial charge on any atom is 0.335 e. The molecule has 1 aliphatic heterocycles. The number of carbonyl (C=O) groups is 1. The SMILES string of the molecule is O=C(O)c1ccc(Cl)c(S(=O)(=O)N(Cc2ccccc2)[C@@H]2CS(=O)(=O)C[C@H]2NCc2ccccc2)c1.